The zero-order valence-electron chi connectivity index (χ0n) is 9.04. The summed E-state index contributed by atoms with van der Waals surface area (Å²) in [7, 11) is 0. The molecule has 0 aromatic carbocycles. The van der Waals surface area contributed by atoms with Gasteiger partial charge in [-0.1, -0.05) is 0 Å². The van der Waals surface area contributed by atoms with E-state index in [1.165, 1.54) is 0 Å². The minimum atomic E-state index is -0.130. The van der Waals surface area contributed by atoms with Gasteiger partial charge in [-0.2, -0.15) is 0 Å². The fourth-order valence-corrected chi connectivity index (χ4v) is 1.07. The van der Waals surface area contributed by atoms with Crippen molar-refractivity contribution in [3.8, 4) is 0 Å². The molecule has 0 aliphatic heterocycles. The molecule has 1 heterocycles. The third kappa shape index (κ3) is 4.18. The van der Waals surface area contributed by atoms with Crippen LogP contribution in [0.15, 0.2) is 12.3 Å². The molecule has 0 bridgehead atoms. The van der Waals surface area contributed by atoms with E-state index in [0.717, 1.165) is 24.6 Å². The molecule has 0 amide bonds. The van der Waals surface area contributed by atoms with Gasteiger partial charge in [0.15, 0.2) is 0 Å². The summed E-state index contributed by atoms with van der Waals surface area (Å²) in [6, 6.07) is 1.86. The summed E-state index contributed by atoms with van der Waals surface area (Å²) >= 11 is 0. The van der Waals surface area contributed by atoms with Crippen molar-refractivity contribution < 1.29 is 0 Å². The van der Waals surface area contributed by atoms with Crippen molar-refractivity contribution in [2.45, 2.75) is 32.7 Å². The van der Waals surface area contributed by atoms with Crippen LogP contribution < -0.4 is 11.1 Å². The minimum Gasteiger partial charge on any atom is -0.370 e. The molecule has 1 aromatic heterocycles. The number of aromatic nitrogens is 2. The first-order chi connectivity index (χ1) is 6.47. The van der Waals surface area contributed by atoms with E-state index >= 15 is 0 Å². The molecule has 3 N–H and O–H groups in total. The topological polar surface area (TPSA) is 63.8 Å². The predicted octanol–water partition coefficient (Wildman–Crippen LogP) is 1.32. The molecule has 0 radical (unpaired) electrons. The lowest BCUT2D eigenvalue weighted by Crippen LogP contribution is -2.34. The first-order valence-corrected chi connectivity index (χ1v) is 4.80. The van der Waals surface area contributed by atoms with E-state index in [2.05, 4.69) is 15.3 Å². The molecular weight excluding hydrogens is 176 g/mol. The molecule has 0 fully saturated rings. The molecule has 0 spiro atoms. The van der Waals surface area contributed by atoms with Crippen LogP contribution in [0.25, 0.3) is 0 Å². The quantitative estimate of drug-likeness (QED) is 0.759. The maximum Gasteiger partial charge on any atom is 0.129 e. The number of nitrogens with two attached hydrogens (primary N) is 1. The molecule has 0 saturated heterocycles. The van der Waals surface area contributed by atoms with Crippen LogP contribution in [-0.2, 0) is 0 Å². The van der Waals surface area contributed by atoms with Gasteiger partial charge in [-0.25, -0.2) is 9.97 Å². The van der Waals surface area contributed by atoms with Gasteiger partial charge >= 0.3 is 0 Å². The minimum absolute atomic E-state index is 0.130. The average Bonchev–Trinajstić information content (AvgIpc) is 2.01. The van der Waals surface area contributed by atoms with Crippen molar-refractivity contribution in [3.63, 3.8) is 0 Å². The van der Waals surface area contributed by atoms with E-state index < -0.39 is 0 Å². The molecule has 0 aliphatic rings. The normalized spacial score (nSPS) is 11.4. The molecule has 0 unspecified atom stereocenters. The van der Waals surface area contributed by atoms with Crippen LogP contribution in [0.3, 0.4) is 0 Å². The van der Waals surface area contributed by atoms with Gasteiger partial charge in [-0.05, 0) is 33.3 Å². The van der Waals surface area contributed by atoms with E-state index in [-0.39, 0.29) is 5.54 Å². The van der Waals surface area contributed by atoms with Gasteiger partial charge in [0.25, 0.3) is 0 Å². The molecule has 4 nitrogen and oxygen atoms in total. The maximum absolute atomic E-state index is 5.86. The Morgan fingerprint density at radius 1 is 1.50 bits per heavy atom. The van der Waals surface area contributed by atoms with Gasteiger partial charge in [-0.15, -0.1) is 0 Å². The second kappa shape index (κ2) is 4.37. The number of aryl methyl sites for hydroxylation is 1. The highest BCUT2D eigenvalue weighted by Crippen LogP contribution is 2.05. The Morgan fingerprint density at radius 3 is 2.79 bits per heavy atom. The van der Waals surface area contributed by atoms with Crippen molar-refractivity contribution in [2.75, 3.05) is 11.9 Å². The Morgan fingerprint density at radius 2 is 2.21 bits per heavy atom. The largest absolute Gasteiger partial charge is 0.370 e. The Labute approximate surface area is 85.0 Å². The smallest absolute Gasteiger partial charge is 0.129 e. The summed E-state index contributed by atoms with van der Waals surface area (Å²) in [5.41, 5.74) is 5.73. The van der Waals surface area contributed by atoms with Gasteiger partial charge in [0.05, 0.1) is 0 Å². The maximum atomic E-state index is 5.86. The van der Waals surface area contributed by atoms with E-state index in [1.807, 2.05) is 26.8 Å². The monoisotopic (exact) mass is 194 g/mol. The first kappa shape index (κ1) is 10.9. The fraction of sp³-hybridized carbons (Fsp3) is 0.600. The summed E-state index contributed by atoms with van der Waals surface area (Å²) in [6.07, 6.45) is 2.66. The average molecular weight is 194 g/mol. The molecule has 0 saturated carbocycles. The van der Waals surface area contributed by atoms with Crippen molar-refractivity contribution in [1.82, 2.24) is 9.97 Å². The number of rotatable bonds is 4. The number of hydrogen-bond donors (Lipinski definition) is 2. The SMILES string of the molecule is Cc1nccc(NCCC(C)(C)N)n1. The molecule has 0 atom stereocenters. The first-order valence-electron chi connectivity index (χ1n) is 4.80. The number of nitrogens with zero attached hydrogens (tertiary/aromatic N) is 2. The molecule has 14 heavy (non-hydrogen) atoms. The van der Waals surface area contributed by atoms with Gasteiger partial charge < -0.3 is 11.1 Å². The number of anilines is 1. The van der Waals surface area contributed by atoms with Crippen LogP contribution in [0.4, 0.5) is 5.82 Å². The third-order valence-corrected chi connectivity index (χ3v) is 1.85. The van der Waals surface area contributed by atoms with Crippen LogP contribution in [0.5, 0.6) is 0 Å². The zero-order chi connectivity index (χ0) is 10.6. The standard InChI is InChI=1S/C10H18N4/c1-8-12-6-4-9(14-8)13-7-5-10(2,3)11/h4,6H,5,7,11H2,1-3H3,(H,12,13,14). The van der Waals surface area contributed by atoms with Crippen molar-refractivity contribution >= 4 is 5.82 Å². The lowest BCUT2D eigenvalue weighted by molar-refractivity contribution is 0.490. The molecule has 1 rings (SSSR count). The molecular formula is C10H18N4. The lowest BCUT2D eigenvalue weighted by atomic mass is 10.0. The van der Waals surface area contributed by atoms with Gasteiger partial charge in [-0.3, -0.25) is 0 Å². The Balaban J connectivity index is 2.39. The van der Waals surface area contributed by atoms with Crippen molar-refractivity contribution in [1.29, 1.82) is 0 Å². The molecule has 0 aliphatic carbocycles. The molecule has 1 aromatic rings. The Hall–Kier alpha value is -1.16. The van der Waals surface area contributed by atoms with Gasteiger partial charge in [0.1, 0.15) is 11.6 Å². The highest BCUT2D eigenvalue weighted by molar-refractivity contribution is 5.32. The van der Waals surface area contributed by atoms with Gasteiger partial charge in [0, 0.05) is 18.3 Å². The molecule has 4 heteroatoms. The number of hydrogen-bond acceptors (Lipinski definition) is 4. The van der Waals surface area contributed by atoms with E-state index in [1.54, 1.807) is 6.20 Å². The van der Waals surface area contributed by atoms with Gasteiger partial charge in [0.2, 0.25) is 0 Å². The fourth-order valence-electron chi connectivity index (χ4n) is 1.07. The summed E-state index contributed by atoms with van der Waals surface area (Å²) < 4.78 is 0. The lowest BCUT2D eigenvalue weighted by Gasteiger charge is -2.18. The summed E-state index contributed by atoms with van der Waals surface area (Å²) in [5, 5.41) is 3.21. The second-order valence-electron chi connectivity index (χ2n) is 4.15. The van der Waals surface area contributed by atoms with Crippen LogP contribution >= 0.6 is 0 Å². The summed E-state index contributed by atoms with van der Waals surface area (Å²) in [5.74, 6) is 1.64. The van der Waals surface area contributed by atoms with Crippen LogP contribution in [0, 0.1) is 6.92 Å². The van der Waals surface area contributed by atoms with Crippen molar-refractivity contribution in [2.24, 2.45) is 5.73 Å². The van der Waals surface area contributed by atoms with Crippen LogP contribution in [0.1, 0.15) is 26.1 Å². The second-order valence-corrected chi connectivity index (χ2v) is 4.15. The van der Waals surface area contributed by atoms with Crippen LogP contribution in [-0.4, -0.2) is 22.1 Å². The summed E-state index contributed by atoms with van der Waals surface area (Å²) in [6.45, 7) is 6.73. The van der Waals surface area contributed by atoms with E-state index in [0.29, 0.717) is 0 Å². The summed E-state index contributed by atoms with van der Waals surface area (Å²) in [4.78, 5) is 8.25. The highest BCUT2D eigenvalue weighted by Gasteiger charge is 2.09. The third-order valence-electron chi connectivity index (χ3n) is 1.85. The number of nitrogens with one attached hydrogen (secondary N) is 1. The Kier molecular flexibility index (Phi) is 3.41. The highest BCUT2D eigenvalue weighted by atomic mass is 15.0. The van der Waals surface area contributed by atoms with Crippen LogP contribution in [0.2, 0.25) is 0 Å². The Bertz CT molecular complexity index is 290. The predicted molar refractivity (Wildman–Crippen MR) is 58.1 cm³/mol. The molecule has 78 valence electrons. The van der Waals surface area contributed by atoms with E-state index in [4.69, 9.17) is 5.73 Å². The van der Waals surface area contributed by atoms with E-state index in [9.17, 15) is 0 Å². The van der Waals surface area contributed by atoms with Crippen molar-refractivity contribution in [3.05, 3.63) is 18.1 Å². The zero-order valence-corrected chi connectivity index (χ0v) is 9.04.